The summed E-state index contributed by atoms with van der Waals surface area (Å²) in [6.07, 6.45) is -2.61. The molecule has 7 N–H and O–H groups in total. The third-order valence-corrected chi connectivity index (χ3v) is 4.91. The summed E-state index contributed by atoms with van der Waals surface area (Å²) in [5.41, 5.74) is -6.79. The molecule has 0 amide bonds. The van der Waals surface area contributed by atoms with Crippen molar-refractivity contribution >= 4 is 33.1 Å². The van der Waals surface area contributed by atoms with Crippen LogP contribution in [0.4, 0.5) is 0 Å². The largest absolute Gasteiger partial charge is 0.480 e. The van der Waals surface area contributed by atoms with Crippen LogP contribution in [0.25, 0.3) is 0 Å². The second-order valence-electron chi connectivity index (χ2n) is 4.01. The molecule has 0 saturated heterocycles. The third kappa shape index (κ3) is 4.34. The SMILES string of the molecule is O=C(O)C(C(=O)O)(C(=O)O)C(CCP(=O)(O)O)P(=O)(O)O. The van der Waals surface area contributed by atoms with Crippen LogP contribution in [-0.2, 0) is 23.5 Å². The van der Waals surface area contributed by atoms with Crippen molar-refractivity contribution in [1.29, 1.82) is 0 Å². The van der Waals surface area contributed by atoms with Gasteiger partial charge in [0.15, 0.2) is 0 Å². The van der Waals surface area contributed by atoms with Gasteiger partial charge in [0.2, 0.25) is 0 Å². The molecule has 0 aromatic carbocycles. The van der Waals surface area contributed by atoms with E-state index in [4.69, 9.17) is 34.9 Å². The van der Waals surface area contributed by atoms with Crippen LogP contribution in [0, 0.1) is 5.41 Å². The molecule has 0 saturated carbocycles. The average Bonchev–Trinajstić information content (AvgIpc) is 2.18. The van der Waals surface area contributed by atoms with Gasteiger partial charge in [0, 0.05) is 0 Å². The maximum absolute atomic E-state index is 11.3. The van der Waals surface area contributed by atoms with Crippen LogP contribution in [0.2, 0.25) is 0 Å². The van der Waals surface area contributed by atoms with Crippen LogP contribution < -0.4 is 0 Å². The highest BCUT2D eigenvalue weighted by Gasteiger charge is 2.65. The van der Waals surface area contributed by atoms with Crippen LogP contribution in [0.5, 0.6) is 0 Å². The third-order valence-electron chi connectivity index (χ3n) is 2.61. The molecule has 12 nitrogen and oxygen atoms in total. The quantitative estimate of drug-likeness (QED) is 0.193. The van der Waals surface area contributed by atoms with Crippen LogP contribution in [0.1, 0.15) is 6.42 Å². The molecule has 0 spiro atoms. The molecule has 1 unspecified atom stereocenters. The van der Waals surface area contributed by atoms with Gasteiger partial charge in [-0.3, -0.25) is 23.5 Å². The zero-order valence-electron chi connectivity index (χ0n) is 10.1. The highest BCUT2D eigenvalue weighted by atomic mass is 31.2. The maximum Gasteiger partial charge on any atom is 0.333 e. The van der Waals surface area contributed by atoms with E-state index in [2.05, 4.69) is 0 Å². The van der Waals surface area contributed by atoms with E-state index in [1.54, 1.807) is 0 Å². The molecule has 0 rings (SSSR count). The lowest BCUT2D eigenvalue weighted by atomic mass is 9.83. The van der Waals surface area contributed by atoms with Gasteiger partial charge in [-0.05, 0) is 6.42 Å². The first-order valence-electron chi connectivity index (χ1n) is 4.97. The van der Waals surface area contributed by atoms with Gasteiger partial charge in [0.1, 0.15) is 0 Å². The fraction of sp³-hybridized carbons (Fsp3) is 0.571. The van der Waals surface area contributed by atoms with E-state index in [-0.39, 0.29) is 0 Å². The lowest BCUT2D eigenvalue weighted by molar-refractivity contribution is -0.176. The Hall–Kier alpha value is -1.29. The van der Waals surface area contributed by atoms with Gasteiger partial charge in [0.25, 0.3) is 5.41 Å². The Bertz CT molecular complexity index is 504. The zero-order chi connectivity index (χ0) is 17.2. The molecule has 14 heteroatoms. The summed E-state index contributed by atoms with van der Waals surface area (Å²) in [4.78, 5) is 68.4. The Morgan fingerprint density at radius 2 is 1.19 bits per heavy atom. The van der Waals surface area contributed by atoms with Crippen molar-refractivity contribution in [3.05, 3.63) is 0 Å². The molecule has 0 radical (unpaired) electrons. The molecule has 0 aliphatic heterocycles. The smallest absolute Gasteiger partial charge is 0.333 e. The van der Waals surface area contributed by atoms with E-state index in [1.165, 1.54) is 0 Å². The molecule has 122 valence electrons. The number of rotatable bonds is 8. The molecular weight excluding hydrogens is 338 g/mol. The average molecular weight is 350 g/mol. The summed E-state index contributed by atoms with van der Waals surface area (Å²) in [5, 5.41) is 26.5. The van der Waals surface area contributed by atoms with Crippen molar-refractivity contribution < 1.29 is 58.4 Å². The molecule has 0 aliphatic carbocycles. The number of aliphatic carboxylic acids is 3. The summed E-state index contributed by atoms with van der Waals surface area (Å²) in [7, 11) is -10.5. The Labute approximate surface area is 116 Å². The van der Waals surface area contributed by atoms with Crippen molar-refractivity contribution in [2.75, 3.05) is 6.16 Å². The second kappa shape index (κ2) is 6.22. The van der Waals surface area contributed by atoms with Crippen molar-refractivity contribution in [2.24, 2.45) is 5.41 Å². The van der Waals surface area contributed by atoms with E-state index in [0.29, 0.717) is 0 Å². The highest BCUT2D eigenvalue weighted by molar-refractivity contribution is 7.53. The van der Waals surface area contributed by atoms with Gasteiger partial charge in [0.05, 0.1) is 11.8 Å². The van der Waals surface area contributed by atoms with Gasteiger partial charge in [-0.15, -0.1) is 0 Å². The summed E-state index contributed by atoms with van der Waals surface area (Å²) in [5.74, 6) is -7.70. The number of hydrogen-bond donors (Lipinski definition) is 7. The van der Waals surface area contributed by atoms with E-state index in [0.717, 1.165) is 0 Å². The normalized spacial score (nSPS) is 14.5. The Kier molecular flexibility index (Phi) is 5.84. The highest BCUT2D eigenvalue weighted by Crippen LogP contribution is 2.54. The fourth-order valence-electron chi connectivity index (χ4n) is 1.63. The monoisotopic (exact) mass is 350 g/mol. The number of carboxylic acids is 3. The van der Waals surface area contributed by atoms with Gasteiger partial charge in [-0.1, -0.05) is 0 Å². The molecule has 0 fully saturated rings. The lowest BCUT2D eigenvalue weighted by Crippen LogP contribution is -2.55. The minimum absolute atomic E-state index is 1.29. The van der Waals surface area contributed by atoms with Crippen molar-refractivity contribution in [2.45, 2.75) is 12.1 Å². The van der Waals surface area contributed by atoms with Crippen LogP contribution >= 0.6 is 15.2 Å². The van der Waals surface area contributed by atoms with Gasteiger partial charge >= 0.3 is 33.1 Å². The topological polar surface area (TPSA) is 227 Å². The zero-order valence-corrected chi connectivity index (χ0v) is 11.8. The van der Waals surface area contributed by atoms with E-state index < -0.39 is 56.8 Å². The predicted octanol–water partition coefficient (Wildman–Crippen LogP) is -1.66. The summed E-state index contributed by atoms with van der Waals surface area (Å²) in [6.45, 7) is 0. The van der Waals surface area contributed by atoms with E-state index in [1.807, 2.05) is 0 Å². The summed E-state index contributed by atoms with van der Waals surface area (Å²) < 4.78 is 22.0. The van der Waals surface area contributed by atoms with Crippen molar-refractivity contribution in [3.63, 3.8) is 0 Å². The van der Waals surface area contributed by atoms with Gasteiger partial charge < -0.3 is 34.9 Å². The van der Waals surface area contributed by atoms with Gasteiger partial charge in [-0.2, -0.15) is 0 Å². The van der Waals surface area contributed by atoms with E-state index >= 15 is 0 Å². The minimum Gasteiger partial charge on any atom is -0.480 e. The molecule has 0 aromatic heterocycles. The lowest BCUT2D eigenvalue weighted by Gasteiger charge is -2.30. The molecule has 0 bridgehead atoms. The molecule has 0 aliphatic rings. The number of carbonyl (C=O) groups is 3. The predicted molar refractivity (Wildman–Crippen MR) is 62.7 cm³/mol. The van der Waals surface area contributed by atoms with Crippen LogP contribution in [-0.4, -0.2) is 64.6 Å². The van der Waals surface area contributed by atoms with Gasteiger partial charge in [-0.25, -0.2) is 0 Å². The first-order chi connectivity index (χ1) is 9.17. The fourth-order valence-corrected chi connectivity index (χ4v) is 3.73. The van der Waals surface area contributed by atoms with Crippen LogP contribution in [0.15, 0.2) is 0 Å². The number of carboxylic acid groups (broad SMARTS) is 3. The van der Waals surface area contributed by atoms with Crippen LogP contribution in [0.3, 0.4) is 0 Å². The Morgan fingerprint density at radius 1 is 0.857 bits per heavy atom. The molecule has 0 aromatic rings. The molecule has 21 heavy (non-hydrogen) atoms. The Morgan fingerprint density at radius 3 is 1.38 bits per heavy atom. The first-order valence-corrected chi connectivity index (χ1v) is 8.45. The molecular formula is C7H12O12P2. The second-order valence-corrected chi connectivity index (χ2v) is 7.58. The molecule has 0 heterocycles. The Balaban J connectivity index is 6.13. The summed E-state index contributed by atoms with van der Waals surface area (Å²) >= 11 is 0. The van der Waals surface area contributed by atoms with Crippen molar-refractivity contribution in [3.8, 4) is 0 Å². The standard InChI is InChI=1S/C7H12O12P2/c8-4(9)7(5(10)11,6(12)13)3(21(17,18)19)1-2-20(14,15)16/h3H,1-2H2,(H,8,9)(H,10,11)(H,12,13)(H2,14,15,16)(H2,17,18,19). The summed E-state index contributed by atoms with van der Waals surface area (Å²) in [6, 6.07) is 0. The van der Waals surface area contributed by atoms with E-state index in [9.17, 15) is 23.5 Å². The maximum atomic E-state index is 11.3. The first kappa shape index (κ1) is 19.7. The van der Waals surface area contributed by atoms with Crippen molar-refractivity contribution in [1.82, 2.24) is 0 Å². The molecule has 1 atom stereocenters. The minimum atomic E-state index is -5.63. The number of hydrogen-bond acceptors (Lipinski definition) is 5.